The summed E-state index contributed by atoms with van der Waals surface area (Å²) in [5.41, 5.74) is 2.03. The van der Waals surface area contributed by atoms with Crippen LogP contribution >= 0.6 is 0 Å². The van der Waals surface area contributed by atoms with Gasteiger partial charge in [-0.05, 0) is 23.3 Å². The molecule has 1 saturated heterocycles. The zero-order valence-electron chi connectivity index (χ0n) is 13.1. The number of nitrogens with zero attached hydrogens (tertiary/aromatic N) is 3. The molecule has 6 nitrogen and oxygen atoms in total. The highest BCUT2D eigenvalue weighted by Gasteiger charge is 2.50. The Morgan fingerprint density at radius 1 is 1.04 bits per heavy atom. The van der Waals surface area contributed by atoms with Crippen LogP contribution in [0.3, 0.4) is 0 Å². The molecule has 2 aromatic carbocycles. The van der Waals surface area contributed by atoms with Gasteiger partial charge in [-0.15, -0.1) is 0 Å². The third-order valence-corrected chi connectivity index (χ3v) is 4.34. The maximum atomic E-state index is 12.8. The number of aromatic nitrogens is 3. The van der Waals surface area contributed by atoms with Crippen molar-refractivity contribution < 1.29 is 9.53 Å². The molecular weight excluding hydrogens is 304 g/mol. The Morgan fingerprint density at radius 3 is 2.42 bits per heavy atom. The number of carbonyl (C=O) groups excluding carboxylic acids is 1. The highest BCUT2D eigenvalue weighted by atomic mass is 16.5. The summed E-state index contributed by atoms with van der Waals surface area (Å²) in [6.07, 6.45) is 1.41. The molecule has 1 fully saturated rings. The van der Waals surface area contributed by atoms with E-state index in [1.54, 1.807) is 12.0 Å². The van der Waals surface area contributed by atoms with E-state index in [4.69, 9.17) is 4.74 Å². The minimum atomic E-state index is -0.247. The number of aromatic amines is 1. The number of benzene rings is 2. The molecule has 1 amide bonds. The van der Waals surface area contributed by atoms with Gasteiger partial charge in [-0.2, -0.15) is 10.1 Å². The standard InChI is InChI=1S/C18H16N4O2/c1-24-14-9-7-12(8-10-14)15-16(13-5-3-2-4-6-13)22(17(15)23)18-19-11-20-21-18/h2-11,15-16H,1H3,(H,19,20,21). The second kappa shape index (κ2) is 5.81. The lowest BCUT2D eigenvalue weighted by atomic mass is 9.78. The van der Waals surface area contributed by atoms with Crippen LogP contribution in [0.2, 0.25) is 0 Å². The van der Waals surface area contributed by atoms with Crippen molar-refractivity contribution in [2.75, 3.05) is 12.0 Å². The Morgan fingerprint density at radius 2 is 1.79 bits per heavy atom. The fourth-order valence-corrected chi connectivity index (χ4v) is 3.17. The number of rotatable bonds is 4. The van der Waals surface area contributed by atoms with Crippen molar-refractivity contribution >= 4 is 11.9 Å². The smallest absolute Gasteiger partial charge is 0.239 e. The predicted molar refractivity (Wildman–Crippen MR) is 88.8 cm³/mol. The first kappa shape index (κ1) is 14.4. The van der Waals surface area contributed by atoms with Gasteiger partial charge in [0.2, 0.25) is 11.9 Å². The Balaban J connectivity index is 1.74. The Bertz CT molecular complexity index is 831. The van der Waals surface area contributed by atoms with Crippen LogP contribution in [-0.4, -0.2) is 28.2 Å². The Kier molecular flexibility index (Phi) is 3.49. The topological polar surface area (TPSA) is 71.1 Å². The lowest BCUT2D eigenvalue weighted by molar-refractivity contribution is -0.126. The van der Waals surface area contributed by atoms with Crippen LogP contribution in [0.15, 0.2) is 60.9 Å². The molecule has 1 N–H and O–H groups in total. The largest absolute Gasteiger partial charge is 0.497 e. The highest BCUT2D eigenvalue weighted by Crippen LogP contribution is 2.47. The van der Waals surface area contributed by atoms with Crippen molar-refractivity contribution in [1.29, 1.82) is 0 Å². The molecule has 2 unspecified atom stereocenters. The maximum Gasteiger partial charge on any atom is 0.239 e. The molecule has 0 saturated carbocycles. The number of hydrogen-bond donors (Lipinski definition) is 1. The molecule has 0 radical (unpaired) electrons. The summed E-state index contributed by atoms with van der Waals surface area (Å²) in [6, 6.07) is 17.5. The van der Waals surface area contributed by atoms with Gasteiger partial charge in [-0.3, -0.25) is 9.69 Å². The SMILES string of the molecule is COc1ccc(C2C(=O)N(c3ncn[nH]3)C2c2ccccc2)cc1. The monoisotopic (exact) mass is 320 g/mol. The van der Waals surface area contributed by atoms with Gasteiger partial charge < -0.3 is 4.74 Å². The lowest BCUT2D eigenvalue weighted by Crippen LogP contribution is -2.54. The number of methoxy groups -OCH3 is 1. The third-order valence-electron chi connectivity index (χ3n) is 4.34. The minimum Gasteiger partial charge on any atom is -0.497 e. The number of β-lactam (4-membered cyclic amide) rings is 1. The first-order valence-corrected chi connectivity index (χ1v) is 7.67. The van der Waals surface area contributed by atoms with E-state index < -0.39 is 0 Å². The van der Waals surface area contributed by atoms with E-state index in [9.17, 15) is 4.79 Å². The molecular formula is C18H16N4O2. The van der Waals surface area contributed by atoms with E-state index >= 15 is 0 Å². The highest BCUT2D eigenvalue weighted by molar-refractivity contribution is 6.05. The van der Waals surface area contributed by atoms with Crippen molar-refractivity contribution in [2.45, 2.75) is 12.0 Å². The van der Waals surface area contributed by atoms with Crippen LogP contribution in [0, 0.1) is 0 Å². The molecule has 3 aromatic rings. The molecule has 1 aromatic heterocycles. The summed E-state index contributed by atoms with van der Waals surface area (Å²) in [7, 11) is 1.63. The number of H-pyrrole nitrogens is 1. The number of anilines is 1. The molecule has 24 heavy (non-hydrogen) atoms. The molecule has 120 valence electrons. The normalized spacial score (nSPS) is 19.9. The molecule has 6 heteroatoms. The van der Waals surface area contributed by atoms with Gasteiger partial charge >= 0.3 is 0 Å². The first-order chi connectivity index (χ1) is 11.8. The fraction of sp³-hybridized carbons (Fsp3) is 0.167. The number of amides is 1. The molecule has 0 spiro atoms. The summed E-state index contributed by atoms with van der Waals surface area (Å²) < 4.78 is 5.20. The first-order valence-electron chi connectivity index (χ1n) is 7.67. The molecule has 2 heterocycles. The summed E-state index contributed by atoms with van der Waals surface area (Å²) in [6.45, 7) is 0. The maximum absolute atomic E-state index is 12.8. The van der Waals surface area contributed by atoms with Gasteiger partial charge in [-0.1, -0.05) is 42.5 Å². The van der Waals surface area contributed by atoms with Crippen LogP contribution < -0.4 is 9.64 Å². The van der Waals surface area contributed by atoms with Gasteiger partial charge in [0.1, 0.15) is 12.1 Å². The van der Waals surface area contributed by atoms with Gasteiger partial charge in [0.05, 0.1) is 19.1 Å². The average Bonchev–Trinajstić information content (AvgIpc) is 3.15. The fourth-order valence-electron chi connectivity index (χ4n) is 3.17. The number of ether oxygens (including phenoxy) is 1. The number of hydrogen-bond acceptors (Lipinski definition) is 4. The van der Waals surface area contributed by atoms with Crippen LogP contribution in [0.1, 0.15) is 23.1 Å². The van der Waals surface area contributed by atoms with Crippen LogP contribution in [0.5, 0.6) is 5.75 Å². The molecule has 0 aliphatic carbocycles. The van der Waals surface area contributed by atoms with E-state index in [0.717, 1.165) is 16.9 Å². The zero-order valence-corrected chi connectivity index (χ0v) is 13.1. The van der Waals surface area contributed by atoms with E-state index in [0.29, 0.717) is 5.95 Å². The Hall–Kier alpha value is -3.15. The summed E-state index contributed by atoms with van der Waals surface area (Å²) in [5.74, 6) is 1.00. The predicted octanol–water partition coefficient (Wildman–Crippen LogP) is 2.69. The zero-order chi connectivity index (χ0) is 16.5. The molecule has 0 bridgehead atoms. The van der Waals surface area contributed by atoms with Crippen LogP contribution in [0.4, 0.5) is 5.95 Å². The summed E-state index contributed by atoms with van der Waals surface area (Å²) in [4.78, 5) is 18.6. The third kappa shape index (κ3) is 2.23. The van der Waals surface area contributed by atoms with Gasteiger partial charge in [0.25, 0.3) is 0 Å². The number of carbonyl (C=O) groups is 1. The van der Waals surface area contributed by atoms with Crippen molar-refractivity contribution in [3.63, 3.8) is 0 Å². The molecule has 2 atom stereocenters. The van der Waals surface area contributed by atoms with Crippen LogP contribution in [-0.2, 0) is 4.79 Å². The van der Waals surface area contributed by atoms with Gasteiger partial charge in [0, 0.05) is 0 Å². The minimum absolute atomic E-state index is 0.00534. The lowest BCUT2D eigenvalue weighted by Gasteiger charge is -2.45. The van der Waals surface area contributed by atoms with Crippen molar-refractivity contribution in [1.82, 2.24) is 15.2 Å². The van der Waals surface area contributed by atoms with Gasteiger partial charge in [0.15, 0.2) is 0 Å². The second-order valence-corrected chi connectivity index (χ2v) is 5.62. The van der Waals surface area contributed by atoms with E-state index in [-0.39, 0.29) is 17.9 Å². The van der Waals surface area contributed by atoms with Crippen molar-refractivity contribution in [3.8, 4) is 5.75 Å². The van der Waals surface area contributed by atoms with Crippen molar-refractivity contribution in [3.05, 3.63) is 72.1 Å². The number of nitrogens with one attached hydrogen (secondary N) is 1. The van der Waals surface area contributed by atoms with E-state index in [1.165, 1.54) is 6.33 Å². The van der Waals surface area contributed by atoms with Gasteiger partial charge in [-0.25, -0.2) is 5.10 Å². The van der Waals surface area contributed by atoms with Crippen LogP contribution in [0.25, 0.3) is 0 Å². The van der Waals surface area contributed by atoms with E-state index in [2.05, 4.69) is 15.2 Å². The second-order valence-electron chi connectivity index (χ2n) is 5.62. The summed E-state index contributed by atoms with van der Waals surface area (Å²) in [5, 5.41) is 6.65. The molecule has 1 aliphatic heterocycles. The Labute approximate surface area is 139 Å². The van der Waals surface area contributed by atoms with Crippen molar-refractivity contribution in [2.24, 2.45) is 0 Å². The molecule has 4 rings (SSSR count). The summed E-state index contributed by atoms with van der Waals surface area (Å²) >= 11 is 0. The quantitative estimate of drug-likeness (QED) is 0.750. The average molecular weight is 320 g/mol. The molecule has 1 aliphatic rings. The van der Waals surface area contributed by atoms with E-state index in [1.807, 2.05) is 54.6 Å².